The largest absolute Gasteiger partial charge is 0.317 e. The molecule has 1 N–H and O–H groups in total. The van der Waals surface area contributed by atoms with Gasteiger partial charge in [0, 0.05) is 22.6 Å². The topological polar surface area (TPSA) is 42.0 Å². The van der Waals surface area contributed by atoms with Crippen molar-refractivity contribution >= 4 is 16.7 Å². The van der Waals surface area contributed by atoms with Crippen LogP contribution in [0.1, 0.15) is 36.5 Å². The third kappa shape index (κ3) is 2.12. The Hall–Kier alpha value is -1.74. The average molecular weight is 268 g/mol. The summed E-state index contributed by atoms with van der Waals surface area (Å²) < 4.78 is 0. The molecule has 0 spiro atoms. The van der Waals surface area contributed by atoms with Crippen molar-refractivity contribution in [1.82, 2.24) is 10.3 Å². The van der Waals surface area contributed by atoms with Gasteiger partial charge in [-0.1, -0.05) is 25.1 Å². The van der Waals surface area contributed by atoms with E-state index in [0.717, 1.165) is 48.8 Å². The minimum absolute atomic E-state index is 0.211. The molecule has 2 heterocycles. The second-order valence-electron chi connectivity index (χ2n) is 5.59. The Morgan fingerprint density at radius 3 is 2.75 bits per heavy atom. The zero-order chi connectivity index (χ0) is 14.0. The highest BCUT2D eigenvalue weighted by molar-refractivity contribution is 6.09. The predicted octanol–water partition coefficient (Wildman–Crippen LogP) is 3.20. The van der Waals surface area contributed by atoms with Gasteiger partial charge in [-0.25, -0.2) is 0 Å². The van der Waals surface area contributed by atoms with E-state index in [1.807, 2.05) is 30.3 Å². The van der Waals surface area contributed by atoms with E-state index in [0.29, 0.717) is 0 Å². The lowest BCUT2D eigenvalue weighted by Gasteiger charge is -2.35. The van der Waals surface area contributed by atoms with Gasteiger partial charge in [-0.15, -0.1) is 0 Å². The molecule has 1 aliphatic heterocycles. The van der Waals surface area contributed by atoms with E-state index in [4.69, 9.17) is 0 Å². The first kappa shape index (κ1) is 13.3. The Labute approximate surface area is 119 Å². The van der Waals surface area contributed by atoms with Gasteiger partial charge < -0.3 is 5.32 Å². The van der Waals surface area contributed by atoms with Crippen LogP contribution in [0.15, 0.2) is 36.5 Å². The van der Waals surface area contributed by atoms with E-state index in [-0.39, 0.29) is 11.2 Å². The Morgan fingerprint density at radius 1 is 1.25 bits per heavy atom. The second-order valence-corrected chi connectivity index (χ2v) is 5.59. The summed E-state index contributed by atoms with van der Waals surface area (Å²) in [4.78, 5) is 17.5. The Kier molecular flexibility index (Phi) is 3.53. The van der Waals surface area contributed by atoms with Gasteiger partial charge >= 0.3 is 0 Å². The molecule has 20 heavy (non-hydrogen) atoms. The number of piperidine rings is 1. The molecule has 3 nitrogen and oxygen atoms in total. The summed E-state index contributed by atoms with van der Waals surface area (Å²) in [5, 5.41) is 4.39. The molecule has 0 amide bonds. The molecule has 2 aromatic rings. The van der Waals surface area contributed by atoms with E-state index in [1.54, 1.807) is 6.20 Å². The molecule has 104 valence electrons. The van der Waals surface area contributed by atoms with Crippen LogP contribution in [0.3, 0.4) is 0 Å². The number of Topliss-reactive ketones (excluding diaryl/α,β-unsaturated/α-hetero) is 1. The van der Waals surface area contributed by atoms with E-state index < -0.39 is 0 Å². The van der Waals surface area contributed by atoms with Crippen LogP contribution < -0.4 is 5.32 Å². The molecule has 1 aliphatic rings. The van der Waals surface area contributed by atoms with Crippen LogP contribution in [0, 0.1) is 5.41 Å². The summed E-state index contributed by atoms with van der Waals surface area (Å²) in [6.45, 7) is 3.98. The van der Waals surface area contributed by atoms with Crippen molar-refractivity contribution in [3.8, 4) is 0 Å². The van der Waals surface area contributed by atoms with Crippen LogP contribution in [0.5, 0.6) is 0 Å². The van der Waals surface area contributed by atoms with Crippen molar-refractivity contribution in [3.05, 3.63) is 42.1 Å². The van der Waals surface area contributed by atoms with Crippen LogP contribution in [0.25, 0.3) is 10.9 Å². The summed E-state index contributed by atoms with van der Waals surface area (Å²) in [6, 6.07) is 9.83. The first-order valence-electron chi connectivity index (χ1n) is 7.36. The number of rotatable bonds is 3. The van der Waals surface area contributed by atoms with Crippen LogP contribution in [-0.4, -0.2) is 23.9 Å². The number of fused-ring (bicyclic) bond motifs is 1. The first-order chi connectivity index (χ1) is 9.77. The van der Waals surface area contributed by atoms with E-state index >= 15 is 0 Å². The molecule has 0 unspecified atom stereocenters. The first-order valence-corrected chi connectivity index (χ1v) is 7.36. The molecule has 1 fully saturated rings. The van der Waals surface area contributed by atoms with Gasteiger partial charge in [0.2, 0.25) is 0 Å². The summed E-state index contributed by atoms with van der Waals surface area (Å²) in [5.74, 6) is 0.269. The lowest BCUT2D eigenvalue weighted by atomic mass is 9.71. The van der Waals surface area contributed by atoms with E-state index in [9.17, 15) is 4.79 Å². The number of nitrogens with zero attached hydrogens (tertiary/aromatic N) is 1. The molecule has 0 atom stereocenters. The van der Waals surface area contributed by atoms with Gasteiger partial charge in [0.05, 0.1) is 5.52 Å². The van der Waals surface area contributed by atoms with Crippen LogP contribution in [-0.2, 0) is 0 Å². The Balaban J connectivity index is 2.08. The standard InChI is InChI=1S/C17H20N2O/c1-2-17(8-11-18-12-9-17)16(20)14-7-3-5-13-6-4-10-19-15(13)14/h3-7,10,18H,2,8-9,11-12H2,1H3. The number of para-hydroxylation sites is 1. The molecule has 1 aromatic carbocycles. The van der Waals surface area contributed by atoms with Gasteiger partial charge in [-0.3, -0.25) is 9.78 Å². The van der Waals surface area contributed by atoms with Crippen LogP contribution in [0.2, 0.25) is 0 Å². The number of nitrogens with one attached hydrogen (secondary N) is 1. The highest BCUT2D eigenvalue weighted by atomic mass is 16.1. The Morgan fingerprint density at radius 2 is 2.00 bits per heavy atom. The van der Waals surface area contributed by atoms with Crippen molar-refractivity contribution in [2.75, 3.05) is 13.1 Å². The number of carbonyl (C=O) groups excluding carboxylic acids is 1. The fourth-order valence-electron chi connectivity index (χ4n) is 3.22. The van der Waals surface area contributed by atoms with Crippen molar-refractivity contribution in [2.45, 2.75) is 26.2 Å². The maximum atomic E-state index is 13.1. The van der Waals surface area contributed by atoms with Crippen molar-refractivity contribution in [2.24, 2.45) is 5.41 Å². The van der Waals surface area contributed by atoms with Crippen LogP contribution >= 0.6 is 0 Å². The zero-order valence-electron chi connectivity index (χ0n) is 11.9. The van der Waals surface area contributed by atoms with Gasteiger partial charge in [-0.05, 0) is 44.5 Å². The predicted molar refractivity (Wildman–Crippen MR) is 80.9 cm³/mol. The Bertz CT molecular complexity index is 624. The van der Waals surface area contributed by atoms with Crippen LogP contribution in [0.4, 0.5) is 0 Å². The van der Waals surface area contributed by atoms with Crippen molar-refractivity contribution in [1.29, 1.82) is 0 Å². The third-order valence-electron chi connectivity index (χ3n) is 4.60. The average Bonchev–Trinajstić information content (AvgIpc) is 2.54. The normalized spacial score (nSPS) is 18.1. The van der Waals surface area contributed by atoms with Gasteiger partial charge in [0.1, 0.15) is 0 Å². The van der Waals surface area contributed by atoms with Crippen molar-refractivity contribution < 1.29 is 4.79 Å². The molecule has 0 aliphatic carbocycles. The number of aromatic nitrogens is 1. The third-order valence-corrected chi connectivity index (χ3v) is 4.60. The number of hydrogen-bond acceptors (Lipinski definition) is 3. The lowest BCUT2D eigenvalue weighted by molar-refractivity contribution is 0.0719. The SMILES string of the molecule is CCC1(C(=O)c2cccc3cccnc23)CCNCC1. The molecule has 0 bridgehead atoms. The maximum absolute atomic E-state index is 13.1. The summed E-state index contributed by atoms with van der Waals surface area (Å²) >= 11 is 0. The zero-order valence-corrected chi connectivity index (χ0v) is 11.9. The molecule has 0 saturated carbocycles. The van der Waals surface area contributed by atoms with E-state index in [1.165, 1.54) is 0 Å². The quantitative estimate of drug-likeness (QED) is 0.869. The number of pyridine rings is 1. The molecule has 3 heteroatoms. The molecular weight excluding hydrogens is 248 g/mol. The summed E-state index contributed by atoms with van der Waals surface area (Å²) in [6.07, 6.45) is 4.51. The molecular formula is C17H20N2O. The van der Waals surface area contributed by atoms with Gasteiger partial charge in [0.15, 0.2) is 5.78 Å². The maximum Gasteiger partial charge on any atom is 0.171 e. The van der Waals surface area contributed by atoms with Crippen molar-refractivity contribution in [3.63, 3.8) is 0 Å². The number of hydrogen-bond donors (Lipinski definition) is 1. The minimum atomic E-state index is -0.211. The second kappa shape index (κ2) is 5.33. The van der Waals surface area contributed by atoms with Gasteiger partial charge in [-0.2, -0.15) is 0 Å². The minimum Gasteiger partial charge on any atom is -0.317 e. The molecule has 3 rings (SSSR count). The lowest BCUT2D eigenvalue weighted by Crippen LogP contribution is -2.41. The van der Waals surface area contributed by atoms with E-state index in [2.05, 4.69) is 17.2 Å². The number of carbonyl (C=O) groups is 1. The highest BCUT2D eigenvalue weighted by Gasteiger charge is 2.38. The fraction of sp³-hybridized carbons (Fsp3) is 0.412. The monoisotopic (exact) mass is 268 g/mol. The smallest absolute Gasteiger partial charge is 0.171 e. The molecule has 0 radical (unpaired) electrons. The number of ketones is 1. The highest BCUT2D eigenvalue weighted by Crippen LogP contribution is 2.37. The summed E-state index contributed by atoms with van der Waals surface area (Å²) in [7, 11) is 0. The molecule has 1 saturated heterocycles. The fourth-order valence-corrected chi connectivity index (χ4v) is 3.22. The molecule has 1 aromatic heterocycles. The number of benzene rings is 1. The summed E-state index contributed by atoms with van der Waals surface area (Å²) in [5.41, 5.74) is 1.41. The van der Waals surface area contributed by atoms with Gasteiger partial charge in [0.25, 0.3) is 0 Å².